The number of nitrogens with zero attached hydrogens (tertiary/aromatic N) is 3. The third-order valence-electron chi connectivity index (χ3n) is 4.11. The average molecular weight is 272 g/mol. The van der Waals surface area contributed by atoms with Crippen molar-refractivity contribution in [3.63, 3.8) is 0 Å². The monoisotopic (exact) mass is 272 g/mol. The molecule has 108 valence electrons. The highest BCUT2D eigenvalue weighted by atomic mass is 15.2. The minimum Gasteiger partial charge on any atom is -0.331 e. The molecule has 0 aliphatic carbocycles. The van der Waals surface area contributed by atoms with E-state index in [1.165, 1.54) is 16.9 Å². The lowest BCUT2D eigenvalue weighted by Gasteiger charge is -2.27. The van der Waals surface area contributed by atoms with Gasteiger partial charge in [0, 0.05) is 45.7 Å². The molecule has 0 radical (unpaired) electrons. The largest absolute Gasteiger partial charge is 0.331 e. The number of benzene rings is 1. The highest BCUT2D eigenvalue weighted by Gasteiger charge is 2.13. The fourth-order valence-electron chi connectivity index (χ4n) is 3.01. The fourth-order valence-corrected chi connectivity index (χ4v) is 3.01. The number of aryl methyl sites for hydroxylation is 1. The molecule has 0 amide bonds. The van der Waals surface area contributed by atoms with Crippen LogP contribution in [0.4, 0.5) is 0 Å². The summed E-state index contributed by atoms with van der Waals surface area (Å²) in [5, 5.41) is 3.40. The van der Waals surface area contributed by atoms with Crippen molar-refractivity contribution in [2.75, 3.05) is 26.2 Å². The summed E-state index contributed by atoms with van der Waals surface area (Å²) in [5.74, 6) is 1.63. The predicted octanol–water partition coefficient (Wildman–Crippen LogP) is 2.10. The minimum atomic E-state index is 0.462. The first-order valence-corrected chi connectivity index (χ1v) is 7.53. The van der Waals surface area contributed by atoms with Gasteiger partial charge in [0.05, 0.1) is 11.0 Å². The maximum Gasteiger partial charge on any atom is 0.112 e. The third-order valence-corrected chi connectivity index (χ3v) is 4.11. The molecule has 0 bridgehead atoms. The zero-order chi connectivity index (χ0) is 14.1. The molecule has 4 heteroatoms. The first-order chi connectivity index (χ1) is 9.65. The molecule has 1 aliphatic rings. The van der Waals surface area contributed by atoms with Gasteiger partial charge in [0.1, 0.15) is 5.82 Å². The van der Waals surface area contributed by atoms with Gasteiger partial charge in [-0.15, -0.1) is 0 Å². The van der Waals surface area contributed by atoms with Crippen LogP contribution in [0.15, 0.2) is 18.2 Å². The number of fused-ring (bicyclic) bond motifs is 1. The lowest BCUT2D eigenvalue weighted by Crippen LogP contribution is -2.42. The van der Waals surface area contributed by atoms with E-state index in [1.54, 1.807) is 0 Å². The van der Waals surface area contributed by atoms with Gasteiger partial charge in [-0.1, -0.05) is 19.9 Å². The number of nitrogens with one attached hydrogen (secondary N) is 1. The third kappa shape index (κ3) is 2.58. The lowest BCUT2D eigenvalue weighted by molar-refractivity contribution is 0.233. The van der Waals surface area contributed by atoms with Crippen molar-refractivity contribution in [3.8, 4) is 0 Å². The summed E-state index contributed by atoms with van der Waals surface area (Å²) in [7, 11) is 2.11. The smallest absolute Gasteiger partial charge is 0.112 e. The van der Waals surface area contributed by atoms with Gasteiger partial charge in [0.15, 0.2) is 0 Å². The molecule has 0 atom stereocenters. The second-order valence-electron chi connectivity index (χ2n) is 6.03. The Kier molecular flexibility index (Phi) is 3.76. The van der Waals surface area contributed by atoms with E-state index in [1.807, 2.05) is 0 Å². The first kappa shape index (κ1) is 13.6. The van der Waals surface area contributed by atoms with Crippen LogP contribution in [0, 0.1) is 0 Å². The van der Waals surface area contributed by atoms with Crippen molar-refractivity contribution >= 4 is 11.0 Å². The highest BCUT2D eigenvalue weighted by molar-refractivity contribution is 5.77. The Bertz CT molecular complexity index is 594. The highest BCUT2D eigenvalue weighted by Crippen LogP contribution is 2.22. The summed E-state index contributed by atoms with van der Waals surface area (Å²) in [6.45, 7) is 9.90. The Morgan fingerprint density at radius 2 is 2.00 bits per heavy atom. The summed E-state index contributed by atoms with van der Waals surface area (Å²) in [6, 6.07) is 6.71. The molecule has 3 rings (SSSR count). The number of hydrogen-bond acceptors (Lipinski definition) is 3. The van der Waals surface area contributed by atoms with Crippen LogP contribution in [0.5, 0.6) is 0 Å². The Balaban J connectivity index is 1.86. The van der Waals surface area contributed by atoms with Gasteiger partial charge >= 0.3 is 0 Å². The molecule has 2 aromatic rings. The van der Waals surface area contributed by atoms with E-state index >= 15 is 0 Å². The number of imidazole rings is 1. The maximum absolute atomic E-state index is 4.80. The predicted molar refractivity (Wildman–Crippen MR) is 82.9 cm³/mol. The van der Waals surface area contributed by atoms with E-state index in [-0.39, 0.29) is 0 Å². The molecule has 2 heterocycles. The van der Waals surface area contributed by atoms with Crippen LogP contribution in [-0.2, 0) is 13.6 Å². The van der Waals surface area contributed by atoms with Gasteiger partial charge in [-0.2, -0.15) is 0 Å². The Labute approximate surface area is 120 Å². The fraction of sp³-hybridized carbons (Fsp3) is 0.562. The average Bonchev–Trinajstić information content (AvgIpc) is 2.77. The summed E-state index contributed by atoms with van der Waals surface area (Å²) < 4.78 is 2.22. The van der Waals surface area contributed by atoms with Gasteiger partial charge in [-0.25, -0.2) is 4.98 Å². The summed E-state index contributed by atoms with van der Waals surface area (Å²) in [6.07, 6.45) is 0. The van der Waals surface area contributed by atoms with E-state index in [0.717, 1.165) is 38.2 Å². The molecule has 1 aliphatic heterocycles. The number of hydrogen-bond donors (Lipinski definition) is 1. The van der Waals surface area contributed by atoms with Gasteiger partial charge in [-0.3, -0.25) is 4.90 Å². The van der Waals surface area contributed by atoms with Crippen LogP contribution in [0.3, 0.4) is 0 Å². The molecule has 1 fully saturated rings. The molecule has 20 heavy (non-hydrogen) atoms. The standard InChI is InChI=1S/C16H24N4/c1-12(2)16-18-14-10-13(4-5-15(14)19(16)3)11-20-8-6-17-7-9-20/h4-5,10,12,17H,6-9,11H2,1-3H3. The molecule has 1 aromatic carbocycles. The van der Waals surface area contributed by atoms with Crippen LogP contribution in [0.25, 0.3) is 11.0 Å². The van der Waals surface area contributed by atoms with E-state index in [4.69, 9.17) is 4.98 Å². The van der Waals surface area contributed by atoms with Crippen molar-refractivity contribution in [1.29, 1.82) is 0 Å². The lowest BCUT2D eigenvalue weighted by atomic mass is 10.2. The summed E-state index contributed by atoms with van der Waals surface area (Å²) in [5.41, 5.74) is 3.73. The number of rotatable bonds is 3. The van der Waals surface area contributed by atoms with E-state index in [9.17, 15) is 0 Å². The molecule has 1 aromatic heterocycles. The quantitative estimate of drug-likeness (QED) is 0.929. The molecule has 1 N–H and O–H groups in total. The van der Waals surface area contributed by atoms with Crippen molar-refractivity contribution < 1.29 is 0 Å². The Hall–Kier alpha value is -1.39. The molecule has 4 nitrogen and oxygen atoms in total. The molecular weight excluding hydrogens is 248 g/mol. The Morgan fingerprint density at radius 1 is 1.25 bits per heavy atom. The van der Waals surface area contributed by atoms with Gasteiger partial charge < -0.3 is 9.88 Å². The van der Waals surface area contributed by atoms with Crippen LogP contribution in [0.2, 0.25) is 0 Å². The topological polar surface area (TPSA) is 33.1 Å². The van der Waals surface area contributed by atoms with Crippen molar-refractivity contribution in [1.82, 2.24) is 19.8 Å². The van der Waals surface area contributed by atoms with Gasteiger partial charge in [0.25, 0.3) is 0 Å². The van der Waals surface area contributed by atoms with Crippen molar-refractivity contribution in [3.05, 3.63) is 29.6 Å². The summed E-state index contributed by atoms with van der Waals surface area (Å²) >= 11 is 0. The van der Waals surface area contributed by atoms with Crippen LogP contribution in [0.1, 0.15) is 31.2 Å². The molecule has 0 saturated carbocycles. The minimum absolute atomic E-state index is 0.462. The zero-order valence-corrected chi connectivity index (χ0v) is 12.7. The van der Waals surface area contributed by atoms with Crippen molar-refractivity contribution in [2.45, 2.75) is 26.3 Å². The zero-order valence-electron chi connectivity index (χ0n) is 12.7. The molecule has 1 saturated heterocycles. The van der Waals surface area contributed by atoms with Crippen LogP contribution in [-0.4, -0.2) is 40.6 Å². The van der Waals surface area contributed by atoms with Crippen LogP contribution >= 0.6 is 0 Å². The second kappa shape index (κ2) is 5.54. The SMILES string of the molecule is CC(C)c1nc2cc(CN3CCNCC3)ccc2n1C. The number of aromatic nitrogens is 2. The molecule has 0 spiro atoms. The van der Waals surface area contributed by atoms with Gasteiger partial charge in [0.2, 0.25) is 0 Å². The number of piperazine rings is 1. The Morgan fingerprint density at radius 3 is 2.70 bits per heavy atom. The summed E-state index contributed by atoms with van der Waals surface area (Å²) in [4.78, 5) is 7.30. The molecular formula is C16H24N4. The normalized spacial score (nSPS) is 17.2. The van der Waals surface area contributed by atoms with E-state index < -0.39 is 0 Å². The maximum atomic E-state index is 4.80. The first-order valence-electron chi connectivity index (χ1n) is 7.53. The van der Waals surface area contributed by atoms with E-state index in [0.29, 0.717) is 5.92 Å². The molecule has 0 unspecified atom stereocenters. The van der Waals surface area contributed by atoms with E-state index in [2.05, 4.69) is 53.9 Å². The van der Waals surface area contributed by atoms with Crippen LogP contribution < -0.4 is 5.32 Å². The second-order valence-corrected chi connectivity index (χ2v) is 6.03. The van der Waals surface area contributed by atoms with Gasteiger partial charge in [-0.05, 0) is 17.7 Å². The van der Waals surface area contributed by atoms with Crippen molar-refractivity contribution in [2.24, 2.45) is 7.05 Å².